The van der Waals surface area contributed by atoms with Gasteiger partial charge in [0.2, 0.25) is 0 Å². The van der Waals surface area contributed by atoms with Crippen LogP contribution in [0.3, 0.4) is 0 Å². The van der Waals surface area contributed by atoms with Crippen LogP contribution >= 0.6 is 31.9 Å². The monoisotopic (exact) mass is 586 g/mol. The van der Waals surface area contributed by atoms with Gasteiger partial charge in [-0.15, -0.1) is 0 Å². The molecule has 0 N–H and O–H groups in total. The molecule has 0 radical (unpaired) electrons. The van der Waals surface area contributed by atoms with E-state index < -0.39 is 0 Å². The zero-order valence-corrected chi connectivity index (χ0v) is 22.5. The standard InChI is InChI=1S/C34H20Br2/c35-33-27-17-7-3-13-23(27)31(24-14-4-8-18-28(24)33)21-11-1-2-12-22(21)32-25-15-5-9-19-29(25)34(36)30-20-10-6-16-26(30)32/h1-20H. The summed E-state index contributed by atoms with van der Waals surface area (Å²) in [6.07, 6.45) is 0. The van der Waals surface area contributed by atoms with Gasteiger partial charge in [0.15, 0.2) is 0 Å². The predicted octanol–water partition coefficient (Wildman–Crippen LogP) is 11.2. The van der Waals surface area contributed by atoms with Crippen molar-refractivity contribution in [3.8, 4) is 22.3 Å². The lowest BCUT2D eigenvalue weighted by molar-refractivity contribution is 1.64. The van der Waals surface area contributed by atoms with Gasteiger partial charge in [-0.2, -0.15) is 0 Å². The molecule has 0 nitrogen and oxygen atoms in total. The first-order valence-corrected chi connectivity index (χ1v) is 13.6. The summed E-state index contributed by atoms with van der Waals surface area (Å²) in [7, 11) is 0. The summed E-state index contributed by atoms with van der Waals surface area (Å²) in [5.41, 5.74) is 5.04. The van der Waals surface area contributed by atoms with Crippen molar-refractivity contribution in [2.45, 2.75) is 0 Å². The lowest BCUT2D eigenvalue weighted by Crippen LogP contribution is -1.93. The van der Waals surface area contributed by atoms with E-state index in [2.05, 4.69) is 153 Å². The molecule has 7 rings (SSSR count). The van der Waals surface area contributed by atoms with E-state index >= 15 is 0 Å². The van der Waals surface area contributed by atoms with Crippen molar-refractivity contribution in [1.29, 1.82) is 0 Å². The Morgan fingerprint density at radius 2 is 0.500 bits per heavy atom. The summed E-state index contributed by atoms with van der Waals surface area (Å²) in [5, 5.41) is 9.92. The third kappa shape index (κ3) is 3.18. The van der Waals surface area contributed by atoms with Crippen molar-refractivity contribution < 1.29 is 0 Å². The summed E-state index contributed by atoms with van der Waals surface area (Å²) >= 11 is 7.84. The molecule has 170 valence electrons. The van der Waals surface area contributed by atoms with Crippen LogP contribution in [0.15, 0.2) is 130 Å². The van der Waals surface area contributed by atoms with E-state index in [1.54, 1.807) is 0 Å². The third-order valence-corrected chi connectivity index (χ3v) is 8.91. The molecule has 0 aliphatic carbocycles. The molecule has 0 aromatic heterocycles. The molecule has 0 amide bonds. The highest BCUT2D eigenvalue weighted by Crippen LogP contribution is 2.48. The topological polar surface area (TPSA) is 0 Å². The van der Waals surface area contributed by atoms with Crippen LogP contribution in [-0.4, -0.2) is 0 Å². The molecule has 7 aromatic rings. The van der Waals surface area contributed by atoms with Gasteiger partial charge in [-0.3, -0.25) is 0 Å². The Bertz CT molecular complexity index is 1710. The lowest BCUT2D eigenvalue weighted by atomic mass is 9.84. The lowest BCUT2D eigenvalue weighted by Gasteiger charge is -2.20. The van der Waals surface area contributed by atoms with Crippen molar-refractivity contribution in [2.24, 2.45) is 0 Å². The van der Waals surface area contributed by atoms with Gasteiger partial charge in [-0.25, -0.2) is 0 Å². The Labute approximate surface area is 226 Å². The molecule has 0 aliphatic heterocycles. The first-order chi connectivity index (χ1) is 17.7. The maximum Gasteiger partial charge on any atom is 0.0332 e. The predicted molar refractivity (Wildman–Crippen MR) is 163 cm³/mol. The third-order valence-electron chi connectivity index (χ3n) is 7.20. The number of hydrogen-bond donors (Lipinski definition) is 0. The van der Waals surface area contributed by atoms with E-state index in [4.69, 9.17) is 0 Å². The van der Waals surface area contributed by atoms with Gasteiger partial charge in [0.1, 0.15) is 0 Å². The Morgan fingerprint density at radius 3 is 0.778 bits per heavy atom. The molecule has 0 aliphatic rings. The van der Waals surface area contributed by atoms with E-state index in [1.165, 1.54) is 65.3 Å². The molecule has 2 heteroatoms. The second kappa shape index (κ2) is 8.58. The molecule has 7 aromatic carbocycles. The second-order valence-electron chi connectivity index (χ2n) is 9.11. The maximum absolute atomic E-state index is 3.92. The van der Waals surface area contributed by atoms with Crippen LogP contribution in [0, 0.1) is 0 Å². The molecule has 0 bridgehead atoms. The molecule has 0 heterocycles. The van der Waals surface area contributed by atoms with Gasteiger partial charge in [0.05, 0.1) is 0 Å². The van der Waals surface area contributed by atoms with E-state index in [0.717, 1.165) is 8.95 Å². The van der Waals surface area contributed by atoms with Crippen molar-refractivity contribution in [3.05, 3.63) is 130 Å². The van der Waals surface area contributed by atoms with Crippen LogP contribution in [0.5, 0.6) is 0 Å². The minimum Gasteiger partial charge on any atom is -0.0616 e. The molecule has 0 saturated carbocycles. The normalized spacial score (nSPS) is 11.6. The zero-order chi connectivity index (χ0) is 24.2. The first-order valence-electron chi connectivity index (χ1n) is 12.0. The van der Waals surface area contributed by atoms with Gasteiger partial charge in [0, 0.05) is 8.95 Å². The van der Waals surface area contributed by atoms with E-state index in [9.17, 15) is 0 Å². The van der Waals surface area contributed by atoms with Crippen LogP contribution in [0.1, 0.15) is 0 Å². The van der Waals surface area contributed by atoms with E-state index in [0.29, 0.717) is 0 Å². The van der Waals surface area contributed by atoms with Gasteiger partial charge < -0.3 is 0 Å². The summed E-state index contributed by atoms with van der Waals surface area (Å²) in [6, 6.07) is 43.7. The quantitative estimate of drug-likeness (QED) is 0.176. The summed E-state index contributed by atoms with van der Waals surface area (Å²) < 4.78 is 2.30. The number of rotatable bonds is 2. The molecule has 0 fully saturated rings. The SMILES string of the molecule is Brc1c2ccccc2c(-c2ccccc2-c2c3ccccc3c(Br)c3ccccc23)c2ccccc12. The first kappa shape index (κ1) is 21.8. The Balaban J connectivity index is 1.70. The molecule has 0 atom stereocenters. The van der Waals surface area contributed by atoms with Crippen molar-refractivity contribution in [1.82, 2.24) is 0 Å². The summed E-state index contributed by atoms with van der Waals surface area (Å²) in [4.78, 5) is 0. The fraction of sp³-hybridized carbons (Fsp3) is 0. The molecule has 0 unspecified atom stereocenters. The maximum atomic E-state index is 3.92. The van der Waals surface area contributed by atoms with Gasteiger partial charge in [-0.1, -0.05) is 121 Å². The second-order valence-corrected chi connectivity index (χ2v) is 10.7. The van der Waals surface area contributed by atoms with E-state index in [-0.39, 0.29) is 0 Å². The zero-order valence-electron chi connectivity index (χ0n) is 19.3. The minimum atomic E-state index is 1.15. The van der Waals surface area contributed by atoms with Gasteiger partial charge in [-0.05, 0) is 97.2 Å². The molecule has 36 heavy (non-hydrogen) atoms. The Kier molecular flexibility index (Phi) is 5.20. The molecule has 0 spiro atoms. The molecular weight excluding hydrogens is 568 g/mol. The number of hydrogen-bond acceptors (Lipinski definition) is 0. The van der Waals surface area contributed by atoms with Gasteiger partial charge in [0.25, 0.3) is 0 Å². The van der Waals surface area contributed by atoms with Crippen molar-refractivity contribution >= 4 is 74.9 Å². The van der Waals surface area contributed by atoms with Crippen molar-refractivity contribution in [3.63, 3.8) is 0 Å². The highest BCUT2D eigenvalue weighted by Gasteiger charge is 2.20. The highest BCUT2D eigenvalue weighted by molar-refractivity contribution is 9.11. The van der Waals surface area contributed by atoms with Crippen LogP contribution in [-0.2, 0) is 0 Å². The fourth-order valence-corrected chi connectivity index (χ4v) is 7.03. The molecule has 0 saturated heterocycles. The van der Waals surface area contributed by atoms with E-state index in [1.807, 2.05) is 0 Å². The minimum absolute atomic E-state index is 1.15. The smallest absolute Gasteiger partial charge is 0.0332 e. The summed E-state index contributed by atoms with van der Waals surface area (Å²) in [5.74, 6) is 0. The van der Waals surface area contributed by atoms with Crippen LogP contribution in [0.2, 0.25) is 0 Å². The largest absolute Gasteiger partial charge is 0.0616 e. The fourth-order valence-electron chi connectivity index (χ4n) is 5.65. The number of halogens is 2. The molecular formula is C34H20Br2. The Morgan fingerprint density at radius 1 is 0.278 bits per heavy atom. The van der Waals surface area contributed by atoms with Crippen LogP contribution in [0.25, 0.3) is 65.3 Å². The van der Waals surface area contributed by atoms with Crippen LogP contribution < -0.4 is 0 Å². The average Bonchev–Trinajstić information content (AvgIpc) is 2.94. The highest BCUT2D eigenvalue weighted by atomic mass is 79.9. The van der Waals surface area contributed by atoms with Crippen LogP contribution in [0.4, 0.5) is 0 Å². The Hall–Kier alpha value is -3.46. The van der Waals surface area contributed by atoms with Gasteiger partial charge >= 0.3 is 0 Å². The summed E-state index contributed by atoms with van der Waals surface area (Å²) in [6.45, 7) is 0. The average molecular weight is 588 g/mol. The van der Waals surface area contributed by atoms with Crippen molar-refractivity contribution in [2.75, 3.05) is 0 Å². The number of fused-ring (bicyclic) bond motifs is 4. The number of benzene rings is 7.